The summed E-state index contributed by atoms with van der Waals surface area (Å²) in [7, 11) is 0. The highest BCUT2D eigenvalue weighted by atomic mass is 19.4. The van der Waals surface area contributed by atoms with E-state index < -0.39 is 41.0 Å². The summed E-state index contributed by atoms with van der Waals surface area (Å²) in [4.78, 5) is 27.4. The minimum atomic E-state index is -4.59. The molecule has 38 heavy (non-hydrogen) atoms. The van der Waals surface area contributed by atoms with Crippen molar-refractivity contribution in [2.75, 3.05) is 11.5 Å². The number of halogens is 4. The van der Waals surface area contributed by atoms with Crippen LogP contribution < -0.4 is 9.64 Å². The topological polar surface area (TPSA) is 66.8 Å². The van der Waals surface area contributed by atoms with E-state index in [4.69, 9.17) is 4.74 Å². The first-order valence-corrected chi connectivity index (χ1v) is 11.9. The number of aliphatic hydroxyl groups excluding tert-OH is 1. The molecule has 1 heterocycles. The van der Waals surface area contributed by atoms with Crippen LogP contribution in [-0.2, 0) is 15.8 Å². The second-order valence-corrected chi connectivity index (χ2v) is 9.45. The number of anilines is 1. The largest absolute Gasteiger partial charge is 0.507 e. The third-order valence-electron chi connectivity index (χ3n) is 6.12. The summed E-state index contributed by atoms with van der Waals surface area (Å²) >= 11 is 0. The number of carbonyl (C=O) groups is 2. The van der Waals surface area contributed by atoms with Crippen LogP contribution in [0, 0.1) is 18.7 Å². The lowest BCUT2D eigenvalue weighted by Gasteiger charge is -2.26. The molecule has 0 bridgehead atoms. The Labute approximate surface area is 217 Å². The summed E-state index contributed by atoms with van der Waals surface area (Å²) in [5.74, 6) is -2.20. The number of aliphatic hydroxyl groups is 1. The molecule has 9 heteroatoms. The lowest BCUT2D eigenvalue weighted by molar-refractivity contribution is -0.137. The van der Waals surface area contributed by atoms with Gasteiger partial charge in [-0.2, -0.15) is 13.2 Å². The highest BCUT2D eigenvalue weighted by Crippen LogP contribution is 2.43. The third-order valence-corrected chi connectivity index (χ3v) is 6.12. The maximum Gasteiger partial charge on any atom is 0.416 e. The molecule has 3 aromatic carbocycles. The Morgan fingerprint density at radius 3 is 2.18 bits per heavy atom. The Bertz CT molecular complexity index is 1390. The SMILES string of the molecule is Cc1cc(/C(O)=C2/C(=O)C(=O)N(c3ccc(C(F)(F)F)cc3)C2c2ccc(F)cc2)ccc1OCC(C)C. The van der Waals surface area contributed by atoms with E-state index in [-0.39, 0.29) is 16.8 Å². The van der Waals surface area contributed by atoms with Crippen molar-refractivity contribution < 1.29 is 37.0 Å². The van der Waals surface area contributed by atoms with Gasteiger partial charge in [0.05, 0.1) is 23.8 Å². The molecule has 0 radical (unpaired) electrons. The van der Waals surface area contributed by atoms with E-state index in [9.17, 15) is 32.3 Å². The van der Waals surface area contributed by atoms with Crippen molar-refractivity contribution >= 4 is 23.1 Å². The van der Waals surface area contributed by atoms with E-state index in [1.54, 1.807) is 25.1 Å². The zero-order valence-corrected chi connectivity index (χ0v) is 20.8. The molecule has 1 aliphatic heterocycles. The highest BCUT2D eigenvalue weighted by molar-refractivity contribution is 6.51. The fraction of sp³-hybridized carbons (Fsp3) is 0.241. The van der Waals surface area contributed by atoms with Gasteiger partial charge in [0, 0.05) is 11.3 Å². The summed E-state index contributed by atoms with van der Waals surface area (Å²) in [5.41, 5.74) is 0.0489. The van der Waals surface area contributed by atoms with Crippen LogP contribution >= 0.6 is 0 Å². The standard InChI is InChI=1S/C29H25F4NO4/c1-16(2)15-38-23-13-6-19(14-17(23)3)26(35)24-25(18-4-9-21(30)10-5-18)34(28(37)27(24)36)22-11-7-20(8-12-22)29(31,32)33/h4-14,16,25,35H,15H2,1-3H3/b26-24-. The summed E-state index contributed by atoms with van der Waals surface area (Å²) in [5, 5.41) is 11.3. The van der Waals surface area contributed by atoms with Gasteiger partial charge < -0.3 is 9.84 Å². The average molecular weight is 528 g/mol. The van der Waals surface area contributed by atoms with Crippen LogP contribution in [0.1, 0.15) is 42.1 Å². The van der Waals surface area contributed by atoms with Gasteiger partial charge in [0.1, 0.15) is 17.3 Å². The summed E-state index contributed by atoms with van der Waals surface area (Å²) in [6.45, 7) is 6.25. The van der Waals surface area contributed by atoms with Crippen LogP contribution in [0.5, 0.6) is 5.75 Å². The monoisotopic (exact) mass is 527 g/mol. The number of Topliss-reactive ketones (excluding diaryl/α,β-unsaturated/α-hetero) is 1. The normalized spacial score (nSPS) is 17.4. The fourth-order valence-electron chi connectivity index (χ4n) is 4.24. The van der Waals surface area contributed by atoms with E-state index in [1.807, 2.05) is 13.8 Å². The van der Waals surface area contributed by atoms with Gasteiger partial charge in [-0.25, -0.2) is 4.39 Å². The molecule has 1 fully saturated rings. The number of hydrogen-bond donors (Lipinski definition) is 1. The van der Waals surface area contributed by atoms with Crippen LogP contribution in [0.15, 0.2) is 72.3 Å². The molecule has 0 spiro atoms. The molecule has 4 rings (SSSR count). The molecular weight excluding hydrogens is 502 g/mol. The number of aryl methyl sites for hydroxylation is 1. The van der Waals surface area contributed by atoms with Gasteiger partial charge in [-0.05, 0) is 78.6 Å². The van der Waals surface area contributed by atoms with E-state index in [0.29, 0.717) is 29.4 Å². The van der Waals surface area contributed by atoms with Crippen molar-refractivity contribution in [1.29, 1.82) is 0 Å². The minimum absolute atomic E-state index is 0.0158. The van der Waals surface area contributed by atoms with Crippen LogP contribution in [0.25, 0.3) is 5.76 Å². The highest BCUT2D eigenvalue weighted by Gasteiger charge is 2.47. The number of amides is 1. The number of ketones is 1. The molecule has 1 amide bonds. The number of rotatable bonds is 6. The summed E-state index contributed by atoms with van der Waals surface area (Å²) < 4.78 is 58.8. The number of hydrogen-bond acceptors (Lipinski definition) is 4. The van der Waals surface area contributed by atoms with Crippen molar-refractivity contribution in [1.82, 2.24) is 0 Å². The first-order valence-electron chi connectivity index (χ1n) is 11.9. The molecule has 198 valence electrons. The lowest BCUT2D eigenvalue weighted by atomic mass is 9.94. The number of ether oxygens (including phenoxy) is 1. The van der Waals surface area contributed by atoms with E-state index in [1.165, 1.54) is 12.1 Å². The summed E-state index contributed by atoms with van der Waals surface area (Å²) in [6, 6.07) is 12.3. The van der Waals surface area contributed by atoms with Crippen LogP contribution in [0.2, 0.25) is 0 Å². The van der Waals surface area contributed by atoms with Crippen molar-refractivity contribution in [3.8, 4) is 5.75 Å². The van der Waals surface area contributed by atoms with Gasteiger partial charge in [-0.3, -0.25) is 14.5 Å². The quantitative estimate of drug-likeness (QED) is 0.165. The van der Waals surface area contributed by atoms with Gasteiger partial charge in [-0.15, -0.1) is 0 Å². The number of benzene rings is 3. The second-order valence-electron chi connectivity index (χ2n) is 9.45. The Morgan fingerprint density at radius 2 is 1.63 bits per heavy atom. The molecule has 1 aliphatic rings. The van der Waals surface area contributed by atoms with Crippen LogP contribution in [0.4, 0.5) is 23.2 Å². The molecule has 0 aromatic heterocycles. The Hall–Kier alpha value is -4.14. The molecule has 1 atom stereocenters. The molecular formula is C29H25F4NO4. The minimum Gasteiger partial charge on any atom is -0.507 e. The molecule has 0 aliphatic carbocycles. The Morgan fingerprint density at radius 1 is 1.00 bits per heavy atom. The van der Waals surface area contributed by atoms with Gasteiger partial charge in [0.15, 0.2) is 0 Å². The maximum absolute atomic E-state index is 13.7. The van der Waals surface area contributed by atoms with Gasteiger partial charge >= 0.3 is 6.18 Å². The van der Waals surface area contributed by atoms with E-state index in [2.05, 4.69) is 0 Å². The van der Waals surface area contributed by atoms with Gasteiger partial charge in [-0.1, -0.05) is 26.0 Å². The lowest BCUT2D eigenvalue weighted by Crippen LogP contribution is -2.29. The van der Waals surface area contributed by atoms with Crippen LogP contribution in [0.3, 0.4) is 0 Å². The summed E-state index contributed by atoms with van der Waals surface area (Å²) in [6.07, 6.45) is -4.59. The Kier molecular flexibility index (Phi) is 7.31. The number of alkyl halides is 3. The molecule has 1 unspecified atom stereocenters. The Balaban J connectivity index is 1.83. The van der Waals surface area contributed by atoms with E-state index in [0.717, 1.165) is 41.3 Å². The van der Waals surface area contributed by atoms with Gasteiger partial charge in [0.25, 0.3) is 11.7 Å². The number of nitrogens with zero attached hydrogens (tertiary/aromatic N) is 1. The van der Waals surface area contributed by atoms with Crippen molar-refractivity contribution in [2.24, 2.45) is 5.92 Å². The van der Waals surface area contributed by atoms with Crippen molar-refractivity contribution in [2.45, 2.75) is 33.0 Å². The molecule has 1 N–H and O–H groups in total. The smallest absolute Gasteiger partial charge is 0.416 e. The van der Waals surface area contributed by atoms with Crippen molar-refractivity contribution in [3.63, 3.8) is 0 Å². The predicted octanol–water partition coefficient (Wildman–Crippen LogP) is 6.81. The van der Waals surface area contributed by atoms with Gasteiger partial charge in [0.2, 0.25) is 0 Å². The maximum atomic E-state index is 13.7. The molecule has 3 aromatic rings. The average Bonchev–Trinajstić information content (AvgIpc) is 3.13. The molecule has 1 saturated heterocycles. The molecule has 5 nitrogen and oxygen atoms in total. The van der Waals surface area contributed by atoms with Crippen LogP contribution in [-0.4, -0.2) is 23.4 Å². The zero-order chi connectivity index (χ0) is 27.8. The molecule has 0 saturated carbocycles. The zero-order valence-electron chi connectivity index (χ0n) is 20.8. The second kappa shape index (κ2) is 10.3. The van der Waals surface area contributed by atoms with Crippen molar-refractivity contribution in [3.05, 3.63) is 100 Å². The number of carbonyl (C=O) groups excluding carboxylic acids is 2. The first-order chi connectivity index (χ1) is 17.9. The first kappa shape index (κ1) is 26.9. The predicted molar refractivity (Wildman–Crippen MR) is 134 cm³/mol. The third kappa shape index (κ3) is 5.27. The van der Waals surface area contributed by atoms with E-state index >= 15 is 0 Å². The fourth-order valence-corrected chi connectivity index (χ4v) is 4.24.